The van der Waals surface area contributed by atoms with Crippen LogP contribution >= 0.6 is 24.8 Å². The zero-order valence-electron chi connectivity index (χ0n) is 26.8. The maximum atomic E-state index is 2.67. The summed E-state index contributed by atoms with van der Waals surface area (Å²) in [7, 11) is 0. The van der Waals surface area contributed by atoms with Crippen molar-refractivity contribution in [3.8, 4) is 0 Å². The van der Waals surface area contributed by atoms with Gasteiger partial charge in [-0.2, -0.15) is 0 Å². The van der Waals surface area contributed by atoms with Gasteiger partial charge < -0.3 is 0 Å². The van der Waals surface area contributed by atoms with Crippen molar-refractivity contribution >= 4 is 63.4 Å². The van der Waals surface area contributed by atoms with E-state index in [4.69, 9.17) is 0 Å². The Hall–Kier alpha value is -3.00. The number of hydrogen-bond donors (Lipinski definition) is 0. The standard InChI is InChI=1S/2C20H15.C2H7Si.2ClH.Zr/c2*1-14-13-16-8-3-5-11-18(16)20(14)19-12-6-9-15-7-2-4-10-17(15)19;1-3-2;;;/h2*2-13H,1H3;3H,1-2H3;2*1H;. The van der Waals surface area contributed by atoms with E-state index < -0.39 is 26.8 Å². The number of fused-ring (bicyclic) bond motifs is 4. The molecule has 4 heteroatoms. The molecule has 6 aromatic carbocycles. The second-order valence-corrected chi connectivity index (χ2v) is 32.9. The molecule has 6 aromatic rings. The van der Waals surface area contributed by atoms with E-state index in [0.717, 1.165) is 0 Å². The second kappa shape index (κ2) is 13.2. The molecule has 0 aromatic heterocycles. The molecule has 0 nitrogen and oxygen atoms in total. The van der Waals surface area contributed by atoms with Gasteiger partial charge in [-0.1, -0.05) is 0 Å². The van der Waals surface area contributed by atoms with Crippen LogP contribution in [-0.4, -0.2) is 5.92 Å². The average Bonchev–Trinajstić information content (AvgIpc) is 3.50. The van der Waals surface area contributed by atoms with Crippen LogP contribution in [0, 0.1) is 0 Å². The monoisotopic (exact) mass is 731 g/mol. The fraction of sp³-hybridized carbons (Fsp3) is 0.143. The third-order valence-electron chi connectivity index (χ3n) is 10.2. The molecule has 229 valence electrons. The van der Waals surface area contributed by atoms with Gasteiger partial charge in [0.1, 0.15) is 0 Å². The minimum atomic E-state index is -2.25. The summed E-state index contributed by atoms with van der Waals surface area (Å²) < 4.78 is 1.18. The Kier molecular flexibility index (Phi) is 9.48. The van der Waals surface area contributed by atoms with E-state index in [1.165, 1.54) is 54.9 Å². The molecule has 0 spiro atoms. The van der Waals surface area contributed by atoms with E-state index in [1.807, 2.05) is 0 Å². The maximum Gasteiger partial charge on any atom is -0.147 e. The molecule has 0 heterocycles. The SMILES string of the molecule is CC1=C(c2cccc3ccccc23)c2ccccc2[CH]1[Zr]([CH]1C(C)=C(c2cccc3ccccc23)c2ccccc21)[SiH](C)C.Cl.Cl. The summed E-state index contributed by atoms with van der Waals surface area (Å²) in [4.78, 5) is 0. The van der Waals surface area contributed by atoms with Crippen molar-refractivity contribution in [3.05, 3.63) is 178 Å². The van der Waals surface area contributed by atoms with Crippen molar-refractivity contribution < 1.29 is 20.9 Å². The maximum absolute atomic E-state index is 2.67. The van der Waals surface area contributed by atoms with Gasteiger partial charge in [-0.25, -0.2) is 0 Å². The van der Waals surface area contributed by atoms with Gasteiger partial charge in [0.2, 0.25) is 0 Å². The summed E-state index contributed by atoms with van der Waals surface area (Å²) in [5.41, 5.74) is 15.2. The number of rotatable bonds is 5. The van der Waals surface area contributed by atoms with Crippen LogP contribution in [0.4, 0.5) is 0 Å². The summed E-state index contributed by atoms with van der Waals surface area (Å²) in [5.74, 6) is -0.999. The molecule has 0 aliphatic heterocycles. The molecule has 0 fully saturated rings. The Morgan fingerprint density at radius 1 is 0.435 bits per heavy atom. The van der Waals surface area contributed by atoms with Crippen molar-refractivity contribution in [3.63, 3.8) is 0 Å². The average molecular weight is 734 g/mol. The molecule has 0 saturated carbocycles. The van der Waals surface area contributed by atoms with E-state index in [0.29, 0.717) is 7.25 Å². The summed E-state index contributed by atoms with van der Waals surface area (Å²) in [5, 5.41) is 5.39. The minimum absolute atomic E-state index is 0. The first kappa shape index (κ1) is 32.9. The fourth-order valence-corrected chi connectivity index (χ4v) is 31.7. The Morgan fingerprint density at radius 3 is 1.22 bits per heavy atom. The van der Waals surface area contributed by atoms with Gasteiger partial charge in [-0.3, -0.25) is 0 Å². The summed E-state index contributed by atoms with van der Waals surface area (Å²) in [6, 6.07) is 50.5. The topological polar surface area (TPSA) is 0 Å². The molecular weight excluding hydrogens is 695 g/mol. The van der Waals surface area contributed by atoms with E-state index >= 15 is 0 Å². The Bertz CT molecular complexity index is 2000. The number of hydrogen-bond acceptors (Lipinski definition) is 0. The molecule has 2 aliphatic rings. The predicted molar refractivity (Wildman–Crippen MR) is 203 cm³/mol. The van der Waals surface area contributed by atoms with Crippen LogP contribution in [0.3, 0.4) is 0 Å². The van der Waals surface area contributed by atoms with Crippen molar-refractivity contribution in [2.75, 3.05) is 0 Å². The van der Waals surface area contributed by atoms with E-state index in [1.54, 1.807) is 22.3 Å². The van der Waals surface area contributed by atoms with Crippen molar-refractivity contribution in [2.45, 2.75) is 34.2 Å². The summed E-state index contributed by atoms with van der Waals surface area (Å²) in [6.07, 6.45) is 0. The van der Waals surface area contributed by atoms with Gasteiger partial charge in [-0.05, 0) is 0 Å². The molecule has 2 unspecified atom stereocenters. The van der Waals surface area contributed by atoms with Gasteiger partial charge in [0.15, 0.2) is 0 Å². The van der Waals surface area contributed by atoms with Crippen molar-refractivity contribution in [2.24, 2.45) is 0 Å². The van der Waals surface area contributed by atoms with Crippen LogP contribution < -0.4 is 0 Å². The van der Waals surface area contributed by atoms with Crippen molar-refractivity contribution in [1.29, 1.82) is 0 Å². The molecule has 2 aliphatic carbocycles. The first-order valence-corrected chi connectivity index (χ1v) is 26.0. The third-order valence-corrected chi connectivity index (χ3v) is 32.2. The molecule has 2 atom stereocenters. The second-order valence-electron chi connectivity index (χ2n) is 12.9. The van der Waals surface area contributed by atoms with Gasteiger partial charge >= 0.3 is 272 Å². The first-order valence-electron chi connectivity index (χ1n) is 16.0. The normalized spacial score (nSPS) is 16.8. The van der Waals surface area contributed by atoms with E-state index in [-0.39, 0.29) is 24.8 Å². The van der Waals surface area contributed by atoms with Crippen LogP contribution in [0.25, 0.3) is 32.7 Å². The van der Waals surface area contributed by atoms with Crippen LogP contribution in [0.1, 0.15) is 54.5 Å². The molecule has 0 radical (unpaired) electrons. The van der Waals surface area contributed by atoms with E-state index in [2.05, 4.69) is 160 Å². The minimum Gasteiger partial charge on any atom is -0.147 e. The first-order chi connectivity index (χ1) is 21.5. The largest absolute Gasteiger partial charge is 0.147 e. The Labute approximate surface area is 294 Å². The molecule has 8 rings (SSSR count). The fourth-order valence-electron chi connectivity index (χ4n) is 8.43. The Morgan fingerprint density at radius 2 is 0.783 bits per heavy atom. The molecule has 46 heavy (non-hydrogen) atoms. The van der Waals surface area contributed by atoms with Crippen molar-refractivity contribution in [1.82, 2.24) is 0 Å². The molecule has 0 N–H and O–H groups in total. The number of halogens is 2. The molecular formula is C42H39Cl2SiZr. The molecule has 0 saturated heterocycles. The quantitative estimate of drug-likeness (QED) is 0.155. The van der Waals surface area contributed by atoms with Crippen LogP contribution in [0.5, 0.6) is 0 Å². The third kappa shape index (κ3) is 5.14. The van der Waals surface area contributed by atoms with Gasteiger partial charge in [0.05, 0.1) is 0 Å². The summed E-state index contributed by atoms with van der Waals surface area (Å²) >= 11 is -2.25. The van der Waals surface area contributed by atoms with Gasteiger partial charge in [0.25, 0.3) is 0 Å². The zero-order chi connectivity index (χ0) is 29.9. The predicted octanol–water partition coefficient (Wildman–Crippen LogP) is 11.9. The Balaban J connectivity index is 0.00000186. The van der Waals surface area contributed by atoms with Crippen LogP contribution in [0.15, 0.2) is 145 Å². The molecule has 0 bridgehead atoms. The smallest absolute Gasteiger partial charge is 0.147 e. The zero-order valence-corrected chi connectivity index (χ0v) is 32.0. The van der Waals surface area contributed by atoms with Crippen LogP contribution in [0.2, 0.25) is 13.1 Å². The van der Waals surface area contributed by atoms with Crippen LogP contribution in [-0.2, 0) is 20.9 Å². The molecule has 0 amide bonds. The number of benzene rings is 6. The van der Waals surface area contributed by atoms with E-state index in [9.17, 15) is 0 Å². The summed E-state index contributed by atoms with van der Waals surface area (Å²) in [6.45, 7) is 10.3. The number of allylic oxidation sites excluding steroid dienone is 2. The van der Waals surface area contributed by atoms with Gasteiger partial charge in [-0.15, -0.1) is 24.8 Å². The van der Waals surface area contributed by atoms with Gasteiger partial charge in [0, 0.05) is 0 Å².